The van der Waals surface area contributed by atoms with Gasteiger partial charge in [0.25, 0.3) is 0 Å². The summed E-state index contributed by atoms with van der Waals surface area (Å²) >= 11 is 0. The van der Waals surface area contributed by atoms with E-state index < -0.39 is 0 Å². The molecule has 0 bridgehead atoms. The van der Waals surface area contributed by atoms with Crippen LogP contribution in [0.25, 0.3) is 0 Å². The Hall–Kier alpha value is -1.96. The van der Waals surface area contributed by atoms with Crippen molar-refractivity contribution in [2.45, 2.75) is 32.7 Å². The predicted octanol–water partition coefficient (Wildman–Crippen LogP) is -0.846. The van der Waals surface area contributed by atoms with Crippen molar-refractivity contribution < 1.29 is 9.59 Å². The molecule has 0 aliphatic carbocycles. The maximum atomic E-state index is 12.2. The standard InChI is InChI=1S/C14H24N6O2/c1-2-20-10-17-18-13(20)5-6-16-14(22)11-4-3-7-19(8-11)9-12(15)21/h10-11H,2-9H2,1H3,(H2,15,21)(H,16,22). The summed E-state index contributed by atoms with van der Waals surface area (Å²) in [5.41, 5.74) is 5.21. The number of likely N-dealkylation sites (tertiary alicyclic amines) is 1. The number of piperidine rings is 1. The highest BCUT2D eigenvalue weighted by Gasteiger charge is 2.26. The molecule has 1 aliphatic rings. The maximum absolute atomic E-state index is 12.2. The topological polar surface area (TPSA) is 106 Å². The highest BCUT2D eigenvalue weighted by atomic mass is 16.2. The van der Waals surface area contributed by atoms with Crippen molar-refractivity contribution in [2.24, 2.45) is 11.7 Å². The first-order valence-corrected chi connectivity index (χ1v) is 7.75. The number of primary amides is 1. The number of nitrogens with zero attached hydrogens (tertiary/aromatic N) is 4. The molecule has 0 radical (unpaired) electrons. The summed E-state index contributed by atoms with van der Waals surface area (Å²) in [6, 6.07) is 0. The van der Waals surface area contributed by atoms with Crippen LogP contribution in [0.3, 0.4) is 0 Å². The largest absolute Gasteiger partial charge is 0.369 e. The van der Waals surface area contributed by atoms with Crippen LogP contribution >= 0.6 is 0 Å². The first kappa shape index (κ1) is 16.4. The van der Waals surface area contributed by atoms with Crippen molar-refractivity contribution in [1.29, 1.82) is 0 Å². The van der Waals surface area contributed by atoms with Gasteiger partial charge in [-0.05, 0) is 26.3 Å². The molecule has 1 saturated heterocycles. The first-order chi connectivity index (χ1) is 10.6. The smallest absolute Gasteiger partial charge is 0.231 e. The Labute approximate surface area is 130 Å². The molecule has 1 aromatic heterocycles. The van der Waals surface area contributed by atoms with Crippen LogP contribution in [0.5, 0.6) is 0 Å². The van der Waals surface area contributed by atoms with E-state index in [0.717, 1.165) is 31.8 Å². The van der Waals surface area contributed by atoms with Crippen molar-refractivity contribution >= 4 is 11.8 Å². The van der Waals surface area contributed by atoms with E-state index in [1.165, 1.54) is 0 Å². The zero-order chi connectivity index (χ0) is 15.9. The average Bonchev–Trinajstić information content (AvgIpc) is 2.94. The highest BCUT2D eigenvalue weighted by molar-refractivity contribution is 5.79. The number of aryl methyl sites for hydroxylation is 1. The zero-order valence-corrected chi connectivity index (χ0v) is 13.0. The molecule has 2 heterocycles. The molecule has 1 atom stereocenters. The van der Waals surface area contributed by atoms with Gasteiger partial charge in [-0.2, -0.15) is 0 Å². The van der Waals surface area contributed by atoms with E-state index in [-0.39, 0.29) is 24.3 Å². The second-order valence-corrected chi connectivity index (χ2v) is 5.61. The lowest BCUT2D eigenvalue weighted by Gasteiger charge is -2.30. The van der Waals surface area contributed by atoms with Gasteiger partial charge in [0.1, 0.15) is 12.2 Å². The van der Waals surface area contributed by atoms with Crippen molar-refractivity contribution in [1.82, 2.24) is 25.0 Å². The lowest BCUT2D eigenvalue weighted by atomic mass is 9.97. The van der Waals surface area contributed by atoms with Crippen LogP contribution in [0, 0.1) is 5.92 Å². The molecular formula is C14H24N6O2. The molecule has 1 fully saturated rings. The number of carbonyl (C=O) groups excluding carboxylic acids is 2. The van der Waals surface area contributed by atoms with E-state index in [9.17, 15) is 9.59 Å². The van der Waals surface area contributed by atoms with E-state index in [0.29, 0.717) is 19.5 Å². The van der Waals surface area contributed by atoms with Gasteiger partial charge in [-0.15, -0.1) is 10.2 Å². The molecule has 2 amide bonds. The fraction of sp³-hybridized carbons (Fsp3) is 0.714. The lowest BCUT2D eigenvalue weighted by molar-refractivity contribution is -0.128. The normalized spacial score (nSPS) is 19.0. The van der Waals surface area contributed by atoms with E-state index in [1.807, 2.05) is 16.4 Å². The molecule has 22 heavy (non-hydrogen) atoms. The quantitative estimate of drug-likeness (QED) is 0.683. The van der Waals surface area contributed by atoms with Crippen LogP contribution in [0.15, 0.2) is 6.33 Å². The Kier molecular flexibility index (Phi) is 5.88. The van der Waals surface area contributed by atoms with E-state index >= 15 is 0 Å². The highest BCUT2D eigenvalue weighted by Crippen LogP contribution is 2.16. The molecule has 1 unspecified atom stereocenters. The molecule has 3 N–H and O–H groups in total. The molecular weight excluding hydrogens is 284 g/mol. The molecule has 0 aromatic carbocycles. The number of aromatic nitrogens is 3. The first-order valence-electron chi connectivity index (χ1n) is 7.75. The lowest BCUT2D eigenvalue weighted by Crippen LogP contribution is -2.46. The molecule has 8 nitrogen and oxygen atoms in total. The van der Waals surface area contributed by atoms with E-state index in [4.69, 9.17) is 5.73 Å². The number of nitrogens with one attached hydrogen (secondary N) is 1. The number of carbonyl (C=O) groups is 2. The fourth-order valence-corrected chi connectivity index (χ4v) is 2.81. The van der Waals surface area contributed by atoms with Gasteiger partial charge in [-0.25, -0.2) is 0 Å². The Morgan fingerprint density at radius 1 is 1.50 bits per heavy atom. The number of amides is 2. The van der Waals surface area contributed by atoms with Crippen molar-refractivity contribution in [3.05, 3.63) is 12.2 Å². The van der Waals surface area contributed by atoms with E-state index in [2.05, 4.69) is 15.5 Å². The number of hydrogen-bond donors (Lipinski definition) is 2. The van der Waals surface area contributed by atoms with Gasteiger partial charge < -0.3 is 15.6 Å². The number of hydrogen-bond acceptors (Lipinski definition) is 5. The summed E-state index contributed by atoms with van der Waals surface area (Å²) in [5, 5.41) is 10.9. The van der Waals surface area contributed by atoms with Crippen molar-refractivity contribution in [3.8, 4) is 0 Å². The van der Waals surface area contributed by atoms with Crippen LogP contribution in [-0.4, -0.2) is 57.7 Å². The summed E-state index contributed by atoms with van der Waals surface area (Å²) in [6.07, 6.45) is 4.12. The summed E-state index contributed by atoms with van der Waals surface area (Å²) in [7, 11) is 0. The van der Waals surface area contributed by atoms with Gasteiger partial charge in [0, 0.05) is 26.1 Å². The molecule has 1 aliphatic heterocycles. The monoisotopic (exact) mass is 308 g/mol. The van der Waals surface area contributed by atoms with Crippen LogP contribution in [0.4, 0.5) is 0 Å². The maximum Gasteiger partial charge on any atom is 0.231 e. The fourth-order valence-electron chi connectivity index (χ4n) is 2.81. The summed E-state index contributed by atoms with van der Waals surface area (Å²) in [4.78, 5) is 25.1. The van der Waals surface area contributed by atoms with Gasteiger partial charge in [0.2, 0.25) is 11.8 Å². The minimum absolute atomic E-state index is 0.0386. The van der Waals surface area contributed by atoms with E-state index in [1.54, 1.807) is 6.33 Å². The van der Waals surface area contributed by atoms with Gasteiger partial charge in [-0.1, -0.05) is 0 Å². The summed E-state index contributed by atoms with van der Waals surface area (Å²) in [6.45, 7) is 5.04. The van der Waals surface area contributed by atoms with Gasteiger partial charge in [0.05, 0.1) is 12.5 Å². The third kappa shape index (κ3) is 4.52. The molecule has 0 saturated carbocycles. The Bertz CT molecular complexity index is 515. The van der Waals surface area contributed by atoms with Gasteiger partial charge in [0.15, 0.2) is 0 Å². The molecule has 2 rings (SSSR count). The molecule has 1 aromatic rings. The third-order valence-corrected chi connectivity index (χ3v) is 3.94. The minimum Gasteiger partial charge on any atom is -0.369 e. The zero-order valence-electron chi connectivity index (χ0n) is 13.0. The second-order valence-electron chi connectivity index (χ2n) is 5.61. The van der Waals surface area contributed by atoms with Crippen LogP contribution in [0.2, 0.25) is 0 Å². The van der Waals surface area contributed by atoms with Crippen molar-refractivity contribution in [3.63, 3.8) is 0 Å². The second kappa shape index (κ2) is 7.88. The number of nitrogens with two attached hydrogens (primary N) is 1. The summed E-state index contributed by atoms with van der Waals surface area (Å²) in [5.74, 6) is 0.496. The minimum atomic E-state index is -0.347. The molecule has 122 valence electrons. The predicted molar refractivity (Wildman–Crippen MR) is 80.8 cm³/mol. The third-order valence-electron chi connectivity index (χ3n) is 3.94. The van der Waals surface area contributed by atoms with Crippen LogP contribution in [-0.2, 0) is 22.6 Å². The Morgan fingerprint density at radius 2 is 2.32 bits per heavy atom. The average molecular weight is 308 g/mol. The van der Waals surface area contributed by atoms with Crippen molar-refractivity contribution in [2.75, 3.05) is 26.2 Å². The number of rotatable bonds is 7. The van der Waals surface area contributed by atoms with Gasteiger partial charge in [-0.3, -0.25) is 14.5 Å². The molecule has 0 spiro atoms. The molecule has 8 heteroatoms. The van der Waals surface area contributed by atoms with Crippen LogP contribution < -0.4 is 11.1 Å². The SMILES string of the molecule is CCn1cnnc1CCNC(=O)C1CCCN(CC(N)=O)C1. The summed E-state index contributed by atoms with van der Waals surface area (Å²) < 4.78 is 1.96. The van der Waals surface area contributed by atoms with Crippen LogP contribution in [0.1, 0.15) is 25.6 Å². The van der Waals surface area contributed by atoms with Gasteiger partial charge >= 0.3 is 0 Å². The Balaban J connectivity index is 1.76. The Morgan fingerprint density at radius 3 is 3.05 bits per heavy atom.